The minimum atomic E-state index is -0.618. The maximum absolute atomic E-state index is 14.4. The molecular weight excluding hydrogens is 495 g/mol. The Kier molecular flexibility index (Phi) is 7.33. The first-order valence-corrected chi connectivity index (χ1v) is 13.7. The van der Waals surface area contributed by atoms with E-state index in [2.05, 4.69) is 24.0 Å². The first-order chi connectivity index (χ1) is 18.6. The van der Waals surface area contributed by atoms with Crippen molar-refractivity contribution in [3.8, 4) is 11.1 Å². The lowest BCUT2D eigenvalue weighted by Crippen LogP contribution is -2.44. The Morgan fingerprint density at radius 1 is 1.21 bits per heavy atom. The minimum Gasteiger partial charge on any atom is -0.391 e. The van der Waals surface area contributed by atoms with Crippen molar-refractivity contribution in [3.05, 3.63) is 77.4 Å². The van der Waals surface area contributed by atoms with Crippen LogP contribution in [0.5, 0.6) is 0 Å². The Hall–Kier alpha value is -3.52. The number of aromatic nitrogens is 1. The fourth-order valence-corrected chi connectivity index (χ4v) is 6.12. The van der Waals surface area contributed by atoms with Crippen LogP contribution in [-0.2, 0) is 10.3 Å². The predicted molar refractivity (Wildman–Crippen MR) is 149 cm³/mol. The number of carbonyl (C=O) groups excluding carboxylic acids is 1. The van der Waals surface area contributed by atoms with E-state index < -0.39 is 17.6 Å². The monoisotopic (exact) mass is 532 g/mol. The number of aryl methyl sites for hydroxylation is 1. The van der Waals surface area contributed by atoms with Crippen LogP contribution in [0.2, 0.25) is 0 Å². The standard InChI is InChI=1S/C31H37FN4O3/c1-6-36-31(5,22-13-11-21(12-14-22)24-9-7-8-10-25(24)32)17-26(33-36)27-16-23(37)18-35(27)30(38)29(19(2)3)28-15-20(4)34-39-28/h7-15,19,23,27,29,37H,6,16-18H2,1-5H3. The van der Waals surface area contributed by atoms with Crippen molar-refractivity contribution >= 4 is 11.6 Å². The molecule has 1 fully saturated rings. The van der Waals surface area contributed by atoms with Crippen molar-refractivity contribution in [1.82, 2.24) is 15.1 Å². The molecule has 0 spiro atoms. The van der Waals surface area contributed by atoms with Crippen LogP contribution in [-0.4, -0.2) is 57.0 Å². The maximum Gasteiger partial charge on any atom is 0.234 e. The van der Waals surface area contributed by atoms with Crippen molar-refractivity contribution in [3.63, 3.8) is 0 Å². The SMILES string of the molecule is CCN1N=C(C2CC(O)CN2C(=O)C(c2cc(C)no2)C(C)C)CC1(C)c1ccc(-c2ccccc2F)cc1. The molecular formula is C31H37FN4O3. The molecule has 0 bridgehead atoms. The molecule has 1 N–H and O–H groups in total. The lowest BCUT2D eigenvalue weighted by atomic mass is 9.84. The molecule has 0 aliphatic carbocycles. The first kappa shape index (κ1) is 27.1. The second-order valence-electron chi connectivity index (χ2n) is 11.3. The van der Waals surface area contributed by atoms with Crippen LogP contribution in [0.25, 0.3) is 11.1 Å². The van der Waals surface area contributed by atoms with Crippen LogP contribution in [0, 0.1) is 18.7 Å². The van der Waals surface area contributed by atoms with E-state index in [0.717, 1.165) is 22.5 Å². The number of hydrogen-bond acceptors (Lipinski definition) is 6. The second-order valence-corrected chi connectivity index (χ2v) is 11.3. The quantitative estimate of drug-likeness (QED) is 0.435. The van der Waals surface area contributed by atoms with E-state index >= 15 is 0 Å². The van der Waals surface area contributed by atoms with Gasteiger partial charge in [0.05, 0.1) is 29.1 Å². The number of hydrogen-bond donors (Lipinski definition) is 1. The van der Waals surface area contributed by atoms with Crippen LogP contribution in [0.1, 0.15) is 63.5 Å². The van der Waals surface area contributed by atoms with Crippen molar-refractivity contribution in [2.75, 3.05) is 13.1 Å². The van der Waals surface area contributed by atoms with Gasteiger partial charge in [0.1, 0.15) is 17.5 Å². The zero-order chi connectivity index (χ0) is 27.9. The van der Waals surface area contributed by atoms with Gasteiger partial charge in [0.25, 0.3) is 0 Å². The van der Waals surface area contributed by atoms with Crippen LogP contribution >= 0.6 is 0 Å². The molecule has 0 radical (unpaired) electrons. The number of aliphatic hydroxyl groups is 1. The van der Waals surface area contributed by atoms with Gasteiger partial charge in [0, 0.05) is 37.6 Å². The zero-order valence-electron chi connectivity index (χ0n) is 23.3. The van der Waals surface area contributed by atoms with Gasteiger partial charge in [-0.1, -0.05) is 61.5 Å². The fraction of sp³-hybridized carbons (Fsp3) is 0.452. The number of benzene rings is 2. The molecule has 2 aromatic carbocycles. The van der Waals surface area contributed by atoms with Crippen molar-refractivity contribution in [1.29, 1.82) is 0 Å². The van der Waals surface area contributed by atoms with E-state index in [1.807, 2.05) is 57.2 Å². The number of likely N-dealkylation sites (tertiary alicyclic amines) is 1. The Morgan fingerprint density at radius 3 is 2.54 bits per heavy atom. The molecule has 3 aromatic rings. The van der Waals surface area contributed by atoms with Crippen LogP contribution in [0.3, 0.4) is 0 Å². The number of aliphatic hydroxyl groups excluding tert-OH is 1. The summed E-state index contributed by atoms with van der Waals surface area (Å²) >= 11 is 0. The number of halogens is 1. The van der Waals surface area contributed by atoms with Gasteiger partial charge in [-0.15, -0.1) is 0 Å². The fourth-order valence-electron chi connectivity index (χ4n) is 6.12. The van der Waals surface area contributed by atoms with Crippen LogP contribution in [0.4, 0.5) is 4.39 Å². The first-order valence-electron chi connectivity index (χ1n) is 13.7. The Labute approximate surface area is 229 Å². The highest BCUT2D eigenvalue weighted by Crippen LogP contribution is 2.41. The number of hydrazone groups is 1. The Bertz CT molecular complexity index is 1370. The summed E-state index contributed by atoms with van der Waals surface area (Å²) in [6, 6.07) is 16.3. The van der Waals surface area contributed by atoms with Gasteiger partial charge >= 0.3 is 0 Å². The molecule has 2 aliphatic rings. The van der Waals surface area contributed by atoms with Crippen molar-refractivity contribution in [2.45, 2.75) is 71.1 Å². The number of amides is 1. The molecule has 0 saturated carbocycles. The van der Waals surface area contributed by atoms with Crippen molar-refractivity contribution < 1.29 is 18.8 Å². The number of rotatable bonds is 7. The maximum atomic E-state index is 14.4. The number of nitrogens with zero attached hydrogens (tertiary/aromatic N) is 4. The van der Waals surface area contributed by atoms with Gasteiger partial charge in [0.2, 0.25) is 5.91 Å². The van der Waals surface area contributed by atoms with Gasteiger partial charge in [-0.3, -0.25) is 9.80 Å². The number of carbonyl (C=O) groups is 1. The largest absolute Gasteiger partial charge is 0.391 e. The smallest absolute Gasteiger partial charge is 0.234 e. The summed E-state index contributed by atoms with van der Waals surface area (Å²) in [6.07, 6.45) is 0.451. The summed E-state index contributed by atoms with van der Waals surface area (Å²) < 4.78 is 19.9. The van der Waals surface area contributed by atoms with Crippen molar-refractivity contribution in [2.24, 2.45) is 11.0 Å². The molecule has 4 atom stereocenters. The molecule has 1 saturated heterocycles. The molecule has 4 unspecified atom stereocenters. The van der Waals surface area contributed by atoms with E-state index in [1.54, 1.807) is 17.0 Å². The molecule has 7 nitrogen and oxygen atoms in total. The van der Waals surface area contributed by atoms with E-state index in [0.29, 0.717) is 30.7 Å². The average Bonchev–Trinajstić information content (AvgIpc) is 3.61. The molecule has 3 heterocycles. The summed E-state index contributed by atoms with van der Waals surface area (Å²) in [5.74, 6) is -0.255. The van der Waals surface area contributed by atoms with Gasteiger partial charge in [0.15, 0.2) is 0 Å². The summed E-state index contributed by atoms with van der Waals surface area (Å²) in [4.78, 5) is 15.7. The molecule has 206 valence electrons. The molecule has 39 heavy (non-hydrogen) atoms. The lowest BCUT2D eigenvalue weighted by molar-refractivity contribution is -0.134. The van der Waals surface area contributed by atoms with E-state index in [-0.39, 0.29) is 30.2 Å². The van der Waals surface area contributed by atoms with Gasteiger partial charge in [-0.05, 0) is 43.9 Å². The predicted octanol–water partition coefficient (Wildman–Crippen LogP) is 5.49. The molecule has 1 aromatic heterocycles. The Morgan fingerprint density at radius 2 is 1.92 bits per heavy atom. The van der Waals surface area contributed by atoms with Crippen LogP contribution in [0.15, 0.2) is 64.2 Å². The molecule has 2 aliphatic heterocycles. The highest BCUT2D eigenvalue weighted by molar-refractivity contribution is 5.96. The molecule has 1 amide bonds. The van der Waals surface area contributed by atoms with E-state index in [1.165, 1.54) is 6.07 Å². The topological polar surface area (TPSA) is 82.2 Å². The van der Waals surface area contributed by atoms with Gasteiger partial charge in [-0.2, -0.15) is 5.10 Å². The van der Waals surface area contributed by atoms with E-state index in [9.17, 15) is 14.3 Å². The van der Waals surface area contributed by atoms with E-state index in [4.69, 9.17) is 9.62 Å². The summed E-state index contributed by atoms with van der Waals surface area (Å²) in [5, 5.41) is 21.7. The highest BCUT2D eigenvalue weighted by atomic mass is 19.1. The minimum absolute atomic E-state index is 0.000804. The molecule has 8 heteroatoms. The summed E-state index contributed by atoms with van der Waals surface area (Å²) in [6.45, 7) is 11.0. The van der Waals surface area contributed by atoms with Gasteiger partial charge in [-0.25, -0.2) is 4.39 Å². The third-order valence-corrected chi connectivity index (χ3v) is 8.17. The normalized spacial score (nSPS) is 23.9. The average molecular weight is 533 g/mol. The summed E-state index contributed by atoms with van der Waals surface area (Å²) in [5.41, 5.74) is 3.65. The highest BCUT2D eigenvalue weighted by Gasteiger charge is 2.47. The lowest BCUT2D eigenvalue weighted by Gasteiger charge is -2.34. The second kappa shape index (κ2) is 10.6. The third kappa shape index (κ3) is 4.98. The van der Waals surface area contributed by atoms with Crippen LogP contribution < -0.4 is 0 Å². The summed E-state index contributed by atoms with van der Waals surface area (Å²) in [7, 11) is 0. The number of β-amino-alcohol motifs (C(OH)–C–C–N with tert-alkyl or cyclic N) is 1. The Balaban J connectivity index is 1.41. The zero-order valence-corrected chi connectivity index (χ0v) is 23.3. The molecule has 5 rings (SSSR count). The third-order valence-electron chi connectivity index (χ3n) is 8.17. The van der Waals surface area contributed by atoms with Gasteiger partial charge < -0.3 is 14.5 Å².